The highest BCUT2D eigenvalue weighted by atomic mass is 32.1. The van der Waals surface area contributed by atoms with Crippen molar-refractivity contribution in [3.63, 3.8) is 0 Å². The fourth-order valence-corrected chi connectivity index (χ4v) is 4.98. The lowest BCUT2D eigenvalue weighted by atomic mass is 10.0. The van der Waals surface area contributed by atoms with Gasteiger partial charge in [0.1, 0.15) is 11.2 Å². The Balaban J connectivity index is 1.61. The van der Waals surface area contributed by atoms with E-state index in [1.165, 1.54) is 28.5 Å². The molecule has 0 fully saturated rings. The van der Waals surface area contributed by atoms with Crippen molar-refractivity contribution in [3.8, 4) is 11.3 Å². The Labute approximate surface area is 180 Å². The summed E-state index contributed by atoms with van der Waals surface area (Å²) in [6.07, 6.45) is 3.09. The highest BCUT2D eigenvalue weighted by Crippen LogP contribution is 2.41. The van der Waals surface area contributed by atoms with E-state index in [2.05, 4.69) is 11.4 Å². The summed E-state index contributed by atoms with van der Waals surface area (Å²) in [4.78, 5) is 25.9. The van der Waals surface area contributed by atoms with Crippen LogP contribution in [0.25, 0.3) is 33.3 Å². The third-order valence-electron chi connectivity index (χ3n) is 5.78. The number of hydrogen-bond acceptors (Lipinski definition) is 5. The number of hydrogen-bond donors (Lipinski definition) is 1. The monoisotopic (exact) mass is 427 g/mol. The highest BCUT2D eigenvalue weighted by Gasteiger charge is 2.23. The zero-order valence-corrected chi connectivity index (χ0v) is 17.3. The molecule has 0 atom stereocenters. The minimum absolute atomic E-state index is 0.212. The summed E-state index contributed by atoms with van der Waals surface area (Å²) in [5, 5.41) is 6.47. The molecule has 1 N–H and O–H groups in total. The van der Waals surface area contributed by atoms with Gasteiger partial charge in [0, 0.05) is 22.4 Å². The molecule has 0 saturated carbocycles. The van der Waals surface area contributed by atoms with Crippen molar-refractivity contribution in [2.45, 2.75) is 19.3 Å². The minimum Gasteiger partial charge on any atom is -0.454 e. The van der Waals surface area contributed by atoms with E-state index in [9.17, 15) is 9.59 Å². The number of carbonyl (C=O) groups is 1. The molecule has 1 amide bonds. The van der Waals surface area contributed by atoms with E-state index < -0.39 is 5.63 Å². The Hall–Kier alpha value is -3.64. The Kier molecular flexibility index (Phi) is 4.07. The SMILES string of the molecule is O=C(Nc1c(-c2cc(=O)oc3cc4c(cc23)CCC4)oc2ccccc12)c1cccs1. The number of para-hydroxylation sites is 1. The number of furan rings is 1. The van der Waals surface area contributed by atoms with Gasteiger partial charge in [0.05, 0.1) is 10.6 Å². The number of thiophene rings is 1. The summed E-state index contributed by atoms with van der Waals surface area (Å²) in [6, 6.07) is 16.6. The topological polar surface area (TPSA) is 72.5 Å². The van der Waals surface area contributed by atoms with Crippen LogP contribution in [0.3, 0.4) is 0 Å². The van der Waals surface area contributed by atoms with Crippen LogP contribution in [0, 0.1) is 0 Å². The molecule has 2 aromatic carbocycles. The zero-order chi connectivity index (χ0) is 20.9. The van der Waals surface area contributed by atoms with Gasteiger partial charge in [-0.2, -0.15) is 0 Å². The van der Waals surface area contributed by atoms with E-state index in [4.69, 9.17) is 8.83 Å². The number of benzene rings is 2. The third-order valence-corrected chi connectivity index (χ3v) is 6.65. The lowest BCUT2D eigenvalue weighted by Gasteiger charge is -2.09. The van der Waals surface area contributed by atoms with Crippen molar-refractivity contribution < 1.29 is 13.6 Å². The smallest absolute Gasteiger partial charge is 0.336 e. The summed E-state index contributed by atoms with van der Waals surface area (Å²) in [5.41, 5.74) is 4.41. The van der Waals surface area contributed by atoms with Crippen molar-refractivity contribution in [1.82, 2.24) is 0 Å². The van der Waals surface area contributed by atoms with Crippen molar-refractivity contribution in [1.29, 1.82) is 0 Å². The molecule has 0 aliphatic heterocycles. The maximum atomic E-state index is 12.9. The largest absolute Gasteiger partial charge is 0.454 e. The summed E-state index contributed by atoms with van der Waals surface area (Å²) in [5.74, 6) is 0.248. The standard InChI is InChI=1S/C25H17NO4S/c27-22-13-18(17-11-14-5-3-6-15(14)12-20(17)29-22)24-23(16-7-1-2-8-19(16)30-24)26-25(28)21-9-4-10-31-21/h1-2,4,7-13H,3,5-6H2,(H,26,28). The first-order valence-corrected chi connectivity index (χ1v) is 11.0. The molecule has 0 spiro atoms. The lowest BCUT2D eigenvalue weighted by Crippen LogP contribution is -2.10. The Bertz CT molecular complexity index is 1530. The molecule has 152 valence electrons. The number of fused-ring (bicyclic) bond motifs is 3. The van der Waals surface area contributed by atoms with Crippen LogP contribution in [0.4, 0.5) is 5.69 Å². The van der Waals surface area contributed by atoms with E-state index >= 15 is 0 Å². The van der Waals surface area contributed by atoms with Crippen LogP contribution < -0.4 is 10.9 Å². The second-order valence-corrected chi connectivity index (χ2v) is 8.63. The van der Waals surface area contributed by atoms with Crippen molar-refractivity contribution >= 4 is 44.9 Å². The molecule has 5 aromatic rings. The normalized spacial score (nSPS) is 13.0. The fraction of sp³-hybridized carbons (Fsp3) is 0.120. The van der Waals surface area contributed by atoms with Crippen molar-refractivity contribution in [2.75, 3.05) is 5.32 Å². The van der Waals surface area contributed by atoms with Gasteiger partial charge in [-0.3, -0.25) is 4.79 Å². The van der Waals surface area contributed by atoms with Gasteiger partial charge >= 0.3 is 5.63 Å². The lowest BCUT2D eigenvalue weighted by molar-refractivity contribution is 0.103. The highest BCUT2D eigenvalue weighted by molar-refractivity contribution is 7.12. The van der Waals surface area contributed by atoms with Crippen molar-refractivity contribution in [3.05, 3.63) is 86.4 Å². The van der Waals surface area contributed by atoms with E-state index in [1.807, 2.05) is 41.8 Å². The van der Waals surface area contributed by atoms with Crippen LogP contribution in [-0.2, 0) is 12.8 Å². The van der Waals surface area contributed by atoms with Crippen LogP contribution >= 0.6 is 11.3 Å². The number of nitrogens with one attached hydrogen (secondary N) is 1. The van der Waals surface area contributed by atoms with Gasteiger partial charge in [-0.1, -0.05) is 18.2 Å². The molecular weight excluding hydrogens is 410 g/mol. The molecular formula is C25H17NO4S. The molecule has 0 radical (unpaired) electrons. The molecule has 1 aliphatic carbocycles. The molecule has 6 rings (SSSR count). The first kappa shape index (κ1) is 18.2. The number of rotatable bonds is 3. The minimum atomic E-state index is -0.448. The van der Waals surface area contributed by atoms with Crippen LogP contribution in [0.2, 0.25) is 0 Å². The maximum absolute atomic E-state index is 12.9. The Morgan fingerprint density at radius 1 is 0.903 bits per heavy atom. The first-order valence-electron chi connectivity index (χ1n) is 10.1. The molecule has 3 aromatic heterocycles. The van der Waals surface area contributed by atoms with Crippen LogP contribution in [0.15, 0.2) is 73.6 Å². The average Bonchev–Trinajstić information content (AvgIpc) is 3.52. The number of amides is 1. The second kappa shape index (κ2) is 6.96. The molecule has 3 heterocycles. The van der Waals surface area contributed by atoms with Gasteiger partial charge in [-0.15, -0.1) is 11.3 Å². The molecule has 1 aliphatic rings. The van der Waals surface area contributed by atoms with Crippen LogP contribution in [0.1, 0.15) is 27.2 Å². The summed E-state index contributed by atoms with van der Waals surface area (Å²) in [7, 11) is 0. The van der Waals surface area contributed by atoms with Gasteiger partial charge in [0.15, 0.2) is 5.76 Å². The van der Waals surface area contributed by atoms with Gasteiger partial charge in [-0.25, -0.2) is 4.79 Å². The number of carbonyl (C=O) groups excluding carboxylic acids is 1. The Morgan fingerprint density at radius 3 is 2.58 bits per heavy atom. The predicted octanol–water partition coefficient (Wildman–Crippen LogP) is 6.01. The Morgan fingerprint density at radius 2 is 1.74 bits per heavy atom. The van der Waals surface area contributed by atoms with E-state index in [-0.39, 0.29) is 5.91 Å². The van der Waals surface area contributed by atoms with Gasteiger partial charge in [0.25, 0.3) is 5.91 Å². The first-order chi connectivity index (χ1) is 15.2. The number of anilines is 1. The maximum Gasteiger partial charge on any atom is 0.336 e. The predicted molar refractivity (Wildman–Crippen MR) is 122 cm³/mol. The third kappa shape index (κ3) is 2.99. The fourth-order valence-electron chi connectivity index (χ4n) is 4.36. The molecule has 6 heteroatoms. The molecule has 0 saturated heterocycles. The summed E-state index contributed by atoms with van der Waals surface area (Å²) >= 11 is 1.37. The molecule has 0 unspecified atom stereocenters. The number of aryl methyl sites for hydroxylation is 2. The van der Waals surface area contributed by atoms with E-state index in [1.54, 1.807) is 6.07 Å². The molecule has 5 nitrogen and oxygen atoms in total. The zero-order valence-electron chi connectivity index (χ0n) is 16.4. The van der Waals surface area contributed by atoms with Gasteiger partial charge in [-0.05, 0) is 66.1 Å². The average molecular weight is 427 g/mol. The molecule has 0 bridgehead atoms. The van der Waals surface area contributed by atoms with Crippen LogP contribution in [0.5, 0.6) is 0 Å². The van der Waals surface area contributed by atoms with Crippen molar-refractivity contribution in [2.24, 2.45) is 0 Å². The van der Waals surface area contributed by atoms with Crippen LogP contribution in [-0.4, -0.2) is 5.91 Å². The quantitative estimate of drug-likeness (QED) is 0.358. The van der Waals surface area contributed by atoms with E-state index in [0.717, 1.165) is 30.0 Å². The summed E-state index contributed by atoms with van der Waals surface area (Å²) in [6.45, 7) is 0. The molecule has 31 heavy (non-hydrogen) atoms. The van der Waals surface area contributed by atoms with E-state index in [0.29, 0.717) is 33.1 Å². The second-order valence-electron chi connectivity index (χ2n) is 7.68. The summed E-state index contributed by atoms with van der Waals surface area (Å²) < 4.78 is 11.7. The van der Waals surface area contributed by atoms with Gasteiger partial charge in [0.2, 0.25) is 0 Å². The van der Waals surface area contributed by atoms with Gasteiger partial charge < -0.3 is 14.2 Å².